The van der Waals surface area contributed by atoms with Crippen molar-refractivity contribution in [1.29, 1.82) is 0 Å². The van der Waals surface area contributed by atoms with Crippen LogP contribution in [0.2, 0.25) is 5.02 Å². The van der Waals surface area contributed by atoms with Crippen molar-refractivity contribution in [3.05, 3.63) is 53.3 Å². The second kappa shape index (κ2) is 7.45. The number of aromatic nitrogens is 1. The van der Waals surface area contributed by atoms with Crippen molar-refractivity contribution in [1.82, 2.24) is 9.88 Å². The Morgan fingerprint density at radius 1 is 1.19 bits per heavy atom. The van der Waals surface area contributed by atoms with E-state index < -0.39 is 0 Å². The molecule has 0 bridgehead atoms. The van der Waals surface area contributed by atoms with Crippen LogP contribution in [0.4, 0.5) is 0 Å². The summed E-state index contributed by atoms with van der Waals surface area (Å²) in [5, 5.41) is 10.1. The van der Waals surface area contributed by atoms with Crippen molar-refractivity contribution in [2.45, 2.75) is 31.8 Å². The maximum atomic E-state index is 9.39. The number of ether oxygens (including phenoxy) is 1. The number of likely N-dealkylation sites (tertiary alicyclic amines) is 1. The summed E-state index contributed by atoms with van der Waals surface area (Å²) in [5.41, 5.74) is 1.04. The van der Waals surface area contributed by atoms with E-state index in [1.54, 1.807) is 6.07 Å². The lowest BCUT2D eigenvalue weighted by atomic mass is 10.0. The largest absolute Gasteiger partial charge is 0.506 e. The predicted octanol–water partition coefficient (Wildman–Crippen LogP) is 4.33. The summed E-state index contributed by atoms with van der Waals surface area (Å²) in [6, 6.07) is 11.4. The number of benzene rings is 1. The van der Waals surface area contributed by atoms with E-state index in [1.165, 1.54) is 6.20 Å². The second-order valence-electron chi connectivity index (χ2n) is 7.72. The van der Waals surface area contributed by atoms with Crippen LogP contribution in [0.15, 0.2) is 42.6 Å². The molecule has 1 saturated heterocycles. The van der Waals surface area contributed by atoms with Crippen LogP contribution in [0.1, 0.15) is 31.4 Å². The molecule has 1 aliphatic carbocycles. The van der Waals surface area contributed by atoms with Gasteiger partial charge in [-0.25, -0.2) is 0 Å². The highest BCUT2D eigenvalue weighted by Crippen LogP contribution is 2.41. The molecule has 2 heterocycles. The van der Waals surface area contributed by atoms with Gasteiger partial charge in [-0.3, -0.25) is 4.98 Å². The molecule has 4 nitrogen and oxygen atoms in total. The third-order valence-electron chi connectivity index (χ3n) is 5.72. The van der Waals surface area contributed by atoms with Gasteiger partial charge in [0.15, 0.2) is 0 Å². The van der Waals surface area contributed by atoms with Gasteiger partial charge >= 0.3 is 0 Å². The summed E-state index contributed by atoms with van der Waals surface area (Å²) in [7, 11) is 0. The van der Waals surface area contributed by atoms with Gasteiger partial charge in [-0.05, 0) is 48.9 Å². The van der Waals surface area contributed by atoms with Crippen LogP contribution >= 0.6 is 11.6 Å². The van der Waals surface area contributed by atoms with Gasteiger partial charge < -0.3 is 14.7 Å². The second-order valence-corrected chi connectivity index (χ2v) is 8.13. The molecule has 1 aromatic carbocycles. The van der Waals surface area contributed by atoms with Crippen molar-refractivity contribution >= 4 is 11.6 Å². The Kier molecular flexibility index (Phi) is 5.05. The first-order valence-corrected chi connectivity index (χ1v) is 9.74. The zero-order valence-corrected chi connectivity index (χ0v) is 15.8. The highest BCUT2D eigenvalue weighted by molar-refractivity contribution is 6.32. The summed E-state index contributed by atoms with van der Waals surface area (Å²) in [5.74, 6) is 2.82. The Bertz CT molecular complexity index is 738. The van der Waals surface area contributed by atoms with E-state index in [-0.39, 0.29) is 11.9 Å². The maximum Gasteiger partial charge on any atom is 0.138 e. The van der Waals surface area contributed by atoms with E-state index in [4.69, 9.17) is 16.3 Å². The number of para-hydroxylation sites is 1. The molecule has 5 heteroatoms. The fourth-order valence-electron chi connectivity index (χ4n) is 4.48. The number of pyridine rings is 1. The minimum absolute atomic E-state index is 0.223. The van der Waals surface area contributed by atoms with Crippen molar-refractivity contribution in [3.63, 3.8) is 0 Å². The Labute approximate surface area is 159 Å². The molecule has 1 aromatic heterocycles. The van der Waals surface area contributed by atoms with Gasteiger partial charge in [0, 0.05) is 31.2 Å². The van der Waals surface area contributed by atoms with Gasteiger partial charge in [0.05, 0.1) is 17.3 Å². The van der Waals surface area contributed by atoms with Gasteiger partial charge in [-0.15, -0.1) is 0 Å². The number of aromatic hydroxyl groups is 1. The fourth-order valence-corrected chi connectivity index (χ4v) is 4.66. The van der Waals surface area contributed by atoms with Gasteiger partial charge in [-0.2, -0.15) is 0 Å². The maximum absolute atomic E-state index is 9.39. The predicted molar refractivity (Wildman–Crippen MR) is 103 cm³/mol. The van der Waals surface area contributed by atoms with Crippen LogP contribution in [0.3, 0.4) is 0 Å². The lowest BCUT2D eigenvalue weighted by Crippen LogP contribution is -2.28. The SMILES string of the molecule is CC(CN1C[C@H]2C[C@H](Oc3ccccc3Cl)C[C@H]2C1)c1ccc(O)cn1. The van der Waals surface area contributed by atoms with E-state index in [1.807, 2.05) is 30.3 Å². The van der Waals surface area contributed by atoms with Crippen LogP contribution in [0.5, 0.6) is 11.5 Å². The highest BCUT2D eigenvalue weighted by Gasteiger charge is 2.42. The molecular formula is C21H25ClN2O2. The molecule has 2 aromatic rings. The summed E-state index contributed by atoms with van der Waals surface area (Å²) >= 11 is 6.22. The molecule has 4 rings (SSSR count). The van der Waals surface area contributed by atoms with Gasteiger partial charge in [0.2, 0.25) is 0 Å². The molecule has 4 atom stereocenters. The number of nitrogens with zero attached hydrogens (tertiary/aromatic N) is 2. The Balaban J connectivity index is 1.29. The number of hydrogen-bond acceptors (Lipinski definition) is 4. The highest BCUT2D eigenvalue weighted by atomic mass is 35.5. The Morgan fingerprint density at radius 2 is 1.92 bits per heavy atom. The average Bonchev–Trinajstić information content (AvgIpc) is 3.15. The van der Waals surface area contributed by atoms with Crippen molar-refractivity contribution in [3.8, 4) is 11.5 Å². The van der Waals surface area contributed by atoms with Crippen molar-refractivity contribution in [2.24, 2.45) is 11.8 Å². The lowest BCUT2D eigenvalue weighted by Gasteiger charge is -2.23. The topological polar surface area (TPSA) is 45.6 Å². The summed E-state index contributed by atoms with van der Waals surface area (Å²) in [6.07, 6.45) is 4.03. The molecule has 0 spiro atoms. The van der Waals surface area contributed by atoms with E-state index in [9.17, 15) is 5.11 Å². The first-order valence-electron chi connectivity index (χ1n) is 9.37. The zero-order valence-electron chi connectivity index (χ0n) is 15.0. The number of halogens is 1. The Hall–Kier alpha value is -1.78. The first kappa shape index (κ1) is 17.6. The van der Waals surface area contributed by atoms with Crippen LogP contribution in [-0.4, -0.2) is 40.7 Å². The van der Waals surface area contributed by atoms with Crippen molar-refractivity contribution in [2.75, 3.05) is 19.6 Å². The third-order valence-corrected chi connectivity index (χ3v) is 6.03. The van der Waals surface area contributed by atoms with Crippen LogP contribution in [0, 0.1) is 11.8 Å². The molecule has 2 aliphatic rings. The molecule has 0 amide bonds. The fraction of sp³-hybridized carbons (Fsp3) is 0.476. The van der Waals surface area contributed by atoms with E-state index in [0.717, 1.165) is 43.9 Å². The lowest BCUT2D eigenvalue weighted by molar-refractivity contribution is 0.184. The van der Waals surface area contributed by atoms with Gasteiger partial charge in [-0.1, -0.05) is 30.7 Å². The van der Waals surface area contributed by atoms with Crippen LogP contribution in [-0.2, 0) is 0 Å². The molecule has 1 saturated carbocycles. The molecule has 1 aliphatic heterocycles. The molecule has 0 radical (unpaired) electrons. The summed E-state index contributed by atoms with van der Waals surface area (Å²) in [6.45, 7) is 5.49. The first-order chi connectivity index (χ1) is 12.6. The standard InChI is InChI=1S/C21H25ClN2O2/c1-14(20-7-6-17(25)10-23-20)11-24-12-15-8-18(9-16(15)13-24)26-21-5-3-2-4-19(21)22/h2-7,10,14-16,18,25H,8-9,11-13H2,1H3/t14?,15-,16+,18+. The smallest absolute Gasteiger partial charge is 0.138 e. The molecular weight excluding hydrogens is 348 g/mol. The average molecular weight is 373 g/mol. The molecule has 1 N–H and O–H groups in total. The summed E-state index contributed by atoms with van der Waals surface area (Å²) < 4.78 is 6.16. The minimum Gasteiger partial charge on any atom is -0.506 e. The Morgan fingerprint density at radius 3 is 2.58 bits per heavy atom. The number of hydrogen-bond donors (Lipinski definition) is 1. The van der Waals surface area contributed by atoms with E-state index in [0.29, 0.717) is 22.8 Å². The number of fused-ring (bicyclic) bond motifs is 1. The quantitative estimate of drug-likeness (QED) is 0.848. The third kappa shape index (κ3) is 3.81. The number of rotatable bonds is 5. The van der Waals surface area contributed by atoms with Gasteiger partial charge in [0.1, 0.15) is 11.5 Å². The van der Waals surface area contributed by atoms with Gasteiger partial charge in [0.25, 0.3) is 0 Å². The normalized spacial score (nSPS) is 26.6. The molecule has 1 unspecified atom stereocenters. The minimum atomic E-state index is 0.223. The van der Waals surface area contributed by atoms with E-state index in [2.05, 4.69) is 16.8 Å². The molecule has 138 valence electrons. The van der Waals surface area contributed by atoms with Crippen LogP contribution < -0.4 is 4.74 Å². The van der Waals surface area contributed by atoms with E-state index >= 15 is 0 Å². The molecule has 2 fully saturated rings. The van der Waals surface area contributed by atoms with Crippen LogP contribution in [0.25, 0.3) is 0 Å². The summed E-state index contributed by atoms with van der Waals surface area (Å²) in [4.78, 5) is 6.91. The monoisotopic (exact) mass is 372 g/mol. The molecule has 26 heavy (non-hydrogen) atoms. The van der Waals surface area contributed by atoms with Crippen molar-refractivity contribution < 1.29 is 9.84 Å². The zero-order chi connectivity index (χ0) is 18.1.